The fourth-order valence-corrected chi connectivity index (χ4v) is 2.84. The highest BCUT2D eigenvalue weighted by atomic mass is 16.4. The van der Waals surface area contributed by atoms with E-state index in [2.05, 4.69) is 16.9 Å². The number of aryl methyl sites for hydroxylation is 1. The summed E-state index contributed by atoms with van der Waals surface area (Å²) in [6.45, 7) is 5.67. The molecule has 3 rings (SSSR count). The molecule has 0 spiro atoms. The van der Waals surface area contributed by atoms with Crippen LogP contribution in [0.5, 0.6) is 0 Å². The molecule has 1 aliphatic heterocycles. The van der Waals surface area contributed by atoms with Crippen molar-refractivity contribution in [3.8, 4) is 5.69 Å². The Morgan fingerprint density at radius 2 is 2.18 bits per heavy atom. The molecule has 0 saturated carbocycles. The smallest absolute Gasteiger partial charge is 0.322 e. The lowest BCUT2D eigenvalue weighted by atomic mass is 10.0. The van der Waals surface area contributed by atoms with Crippen molar-refractivity contribution in [3.63, 3.8) is 0 Å². The maximum absolute atomic E-state index is 11.4. The van der Waals surface area contributed by atoms with Crippen molar-refractivity contribution in [2.45, 2.75) is 25.4 Å². The maximum atomic E-state index is 11.4. The first kappa shape index (κ1) is 14.3. The number of carbonyl (C=O) groups is 1. The molecule has 22 heavy (non-hydrogen) atoms. The number of hydrogen-bond donors (Lipinski definition) is 2. The van der Waals surface area contributed by atoms with E-state index in [1.165, 1.54) is 0 Å². The van der Waals surface area contributed by atoms with Gasteiger partial charge in [0.15, 0.2) is 0 Å². The Balaban J connectivity index is 2.24. The summed E-state index contributed by atoms with van der Waals surface area (Å²) in [4.78, 5) is 13.2. The van der Waals surface area contributed by atoms with E-state index in [0.717, 1.165) is 22.8 Å². The van der Waals surface area contributed by atoms with Crippen molar-refractivity contribution in [2.75, 3.05) is 4.90 Å². The summed E-state index contributed by atoms with van der Waals surface area (Å²) in [5, 5.41) is 17.6. The Hall–Kier alpha value is -2.67. The molecule has 3 N–H and O–H groups in total. The number of benzene rings is 1. The SMILES string of the molecule is C=CN1c2ccccc2-n2nnc(C)c2CC1C(N)C(=O)O. The largest absolute Gasteiger partial charge is 0.480 e. The lowest BCUT2D eigenvalue weighted by molar-refractivity contribution is -0.139. The van der Waals surface area contributed by atoms with Crippen LogP contribution in [0, 0.1) is 6.92 Å². The number of aliphatic carboxylic acids is 1. The van der Waals surface area contributed by atoms with Crippen molar-refractivity contribution in [3.05, 3.63) is 48.4 Å². The second-order valence-electron chi connectivity index (χ2n) is 5.25. The van der Waals surface area contributed by atoms with E-state index in [9.17, 15) is 9.90 Å². The molecule has 2 heterocycles. The van der Waals surface area contributed by atoms with Gasteiger partial charge >= 0.3 is 5.97 Å². The van der Waals surface area contributed by atoms with Gasteiger partial charge in [-0.15, -0.1) is 5.10 Å². The fraction of sp³-hybridized carbons (Fsp3) is 0.267. The number of carboxylic acids is 1. The van der Waals surface area contributed by atoms with Crippen molar-refractivity contribution in [2.24, 2.45) is 5.73 Å². The average Bonchev–Trinajstić information content (AvgIpc) is 2.80. The number of para-hydroxylation sites is 2. The van der Waals surface area contributed by atoms with E-state index in [1.807, 2.05) is 36.1 Å². The minimum Gasteiger partial charge on any atom is -0.480 e. The van der Waals surface area contributed by atoms with Crippen molar-refractivity contribution < 1.29 is 9.90 Å². The minimum absolute atomic E-state index is 0.424. The van der Waals surface area contributed by atoms with Gasteiger partial charge in [0.2, 0.25) is 0 Å². The molecule has 0 fully saturated rings. The zero-order valence-corrected chi connectivity index (χ0v) is 12.2. The maximum Gasteiger partial charge on any atom is 0.322 e. The van der Waals surface area contributed by atoms with Gasteiger partial charge in [0.1, 0.15) is 6.04 Å². The Kier molecular flexibility index (Phi) is 3.42. The van der Waals surface area contributed by atoms with Gasteiger partial charge < -0.3 is 15.7 Å². The van der Waals surface area contributed by atoms with Gasteiger partial charge in [-0.3, -0.25) is 4.79 Å². The molecule has 2 unspecified atom stereocenters. The van der Waals surface area contributed by atoms with E-state index in [4.69, 9.17) is 5.73 Å². The molecule has 2 atom stereocenters. The van der Waals surface area contributed by atoms with E-state index >= 15 is 0 Å². The molecule has 2 aromatic rings. The molecule has 0 radical (unpaired) electrons. The van der Waals surface area contributed by atoms with Crippen LogP contribution in [0.3, 0.4) is 0 Å². The molecule has 7 heteroatoms. The monoisotopic (exact) mass is 299 g/mol. The number of carboxylic acid groups (broad SMARTS) is 1. The third kappa shape index (κ3) is 2.06. The zero-order chi connectivity index (χ0) is 15.9. The first-order valence-corrected chi connectivity index (χ1v) is 6.94. The predicted molar refractivity (Wildman–Crippen MR) is 81.9 cm³/mol. The molecule has 1 aromatic heterocycles. The number of aromatic nitrogens is 3. The third-order valence-corrected chi connectivity index (χ3v) is 4.00. The molecule has 1 aromatic carbocycles. The number of rotatable bonds is 3. The number of nitrogens with zero attached hydrogens (tertiary/aromatic N) is 4. The molecular weight excluding hydrogens is 282 g/mol. The first-order valence-electron chi connectivity index (χ1n) is 6.94. The molecule has 0 saturated heterocycles. The summed E-state index contributed by atoms with van der Waals surface area (Å²) in [5.41, 5.74) is 9.19. The van der Waals surface area contributed by atoms with Gasteiger partial charge in [-0.2, -0.15) is 0 Å². The summed E-state index contributed by atoms with van der Waals surface area (Å²) < 4.78 is 1.75. The summed E-state index contributed by atoms with van der Waals surface area (Å²) in [6, 6.07) is 6.08. The Labute approximate surface area is 127 Å². The first-order chi connectivity index (χ1) is 10.5. The number of hydrogen-bond acceptors (Lipinski definition) is 5. The third-order valence-electron chi connectivity index (χ3n) is 4.00. The fourth-order valence-electron chi connectivity index (χ4n) is 2.84. The second-order valence-corrected chi connectivity index (χ2v) is 5.25. The lowest BCUT2D eigenvalue weighted by Gasteiger charge is -2.31. The van der Waals surface area contributed by atoms with Gasteiger partial charge in [0.25, 0.3) is 0 Å². The molecular formula is C15H17N5O2. The van der Waals surface area contributed by atoms with Gasteiger partial charge in [0, 0.05) is 6.42 Å². The van der Waals surface area contributed by atoms with Crippen LogP contribution in [-0.2, 0) is 11.2 Å². The van der Waals surface area contributed by atoms with Crippen LogP contribution < -0.4 is 10.6 Å². The van der Waals surface area contributed by atoms with Crippen molar-refractivity contribution in [1.82, 2.24) is 15.0 Å². The topological polar surface area (TPSA) is 97.3 Å². The van der Waals surface area contributed by atoms with Crippen LogP contribution >= 0.6 is 0 Å². The van der Waals surface area contributed by atoms with Crippen molar-refractivity contribution in [1.29, 1.82) is 0 Å². The zero-order valence-electron chi connectivity index (χ0n) is 12.2. The van der Waals surface area contributed by atoms with Gasteiger partial charge in [-0.1, -0.05) is 23.9 Å². The molecule has 0 amide bonds. The number of anilines is 1. The molecule has 0 aliphatic carbocycles. The van der Waals surface area contributed by atoms with Crippen LogP contribution in [0.25, 0.3) is 5.69 Å². The molecule has 114 valence electrons. The van der Waals surface area contributed by atoms with E-state index in [0.29, 0.717) is 6.42 Å². The van der Waals surface area contributed by atoms with Gasteiger partial charge in [0.05, 0.1) is 28.8 Å². The summed E-state index contributed by atoms with van der Waals surface area (Å²) in [6.07, 6.45) is 2.04. The Morgan fingerprint density at radius 3 is 2.82 bits per heavy atom. The summed E-state index contributed by atoms with van der Waals surface area (Å²) in [5.74, 6) is -1.05. The van der Waals surface area contributed by atoms with Crippen LogP contribution in [0.1, 0.15) is 11.4 Å². The Bertz CT molecular complexity index is 739. The van der Waals surface area contributed by atoms with E-state index in [1.54, 1.807) is 10.9 Å². The molecule has 1 aliphatic rings. The van der Waals surface area contributed by atoms with Crippen LogP contribution in [0.15, 0.2) is 37.0 Å². The lowest BCUT2D eigenvalue weighted by Crippen LogP contribution is -2.51. The highest BCUT2D eigenvalue weighted by molar-refractivity contribution is 5.77. The normalized spacial score (nSPS) is 18.1. The van der Waals surface area contributed by atoms with Crippen LogP contribution in [0.4, 0.5) is 5.69 Å². The van der Waals surface area contributed by atoms with E-state index in [-0.39, 0.29) is 0 Å². The van der Waals surface area contributed by atoms with Gasteiger partial charge in [-0.05, 0) is 25.3 Å². The number of fused-ring (bicyclic) bond motifs is 3. The second kappa shape index (κ2) is 5.27. The van der Waals surface area contributed by atoms with E-state index < -0.39 is 18.1 Å². The molecule has 7 nitrogen and oxygen atoms in total. The quantitative estimate of drug-likeness (QED) is 0.872. The van der Waals surface area contributed by atoms with Gasteiger partial charge in [-0.25, -0.2) is 4.68 Å². The minimum atomic E-state index is -1.05. The van der Waals surface area contributed by atoms with Crippen LogP contribution in [-0.4, -0.2) is 38.2 Å². The number of nitrogens with two attached hydrogens (primary N) is 1. The summed E-state index contributed by atoms with van der Waals surface area (Å²) in [7, 11) is 0. The Morgan fingerprint density at radius 1 is 1.50 bits per heavy atom. The van der Waals surface area contributed by atoms with Crippen LogP contribution in [0.2, 0.25) is 0 Å². The predicted octanol–water partition coefficient (Wildman–Crippen LogP) is 0.862. The highest BCUT2D eigenvalue weighted by Crippen LogP contribution is 2.32. The summed E-state index contributed by atoms with van der Waals surface area (Å²) >= 11 is 0. The average molecular weight is 299 g/mol. The van der Waals surface area contributed by atoms with Crippen molar-refractivity contribution >= 4 is 11.7 Å². The molecule has 0 bridgehead atoms. The highest BCUT2D eigenvalue weighted by Gasteiger charge is 2.35. The standard InChI is InChI=1S/C15H17N5O2/c1-3-19-10-6-4-5-7-11(10)20-12(9(2)17-18-20)8-13(19)14(16)15(21)22/h3-7,13-14H,1,8,16H2,2H3,(H,21,22).